The van der Waals surface area contributed by atoms with E-state index in [1.807, 2.05) is 50.3 Å². The standard InChI is InChI=1S/C30H35N9O3/c1-7-27(41)33-23-15-24(26(42-6)16-25(23)38(5)14-13-37(3)4)35-30-32-18-21(17-31)29(36-30)34-22-10-8-9-20-11-12-39(19(2)40)28(20)22/h7-10,15-16,18H,1,11-14H2,2-6H3,(H,33,41)(H2,32,34,35,36). The zero-order valence-corrected chi connectivity index (χ0v) is 24.5. The van der Waals surface area contributed by atoms with Crippen molar-refractivity contribution in [1.29, 1.82) is 5.26 Å². The van der Waals surface area contributed by atoms with E-state index >= 15 is 0 Å². The number of carbonyl (C=O) groups is 2. The number of methoxy groups -OCH3 is 1. The van der Waals surface area contributed by atoms with Gasteiger partial charge in [-0.3, -0.25) is 9.59 Å². The molecule has 0 atom stereocenters. The summed E-state index contributed by atoms with van der Waals surface area (Å²) in [5.74, 6) is 0.553. The van der Waals surface area contributed by atoms with Gasteiger partial charge < -0.3 is 35.4 Å². The number of para-hydroxylation sites is 1. The SMILES string of the molecule is C=CC(=O)Nc1cc(Nc2ncc(C#N)c(Nc3cccc4c3N(C(C)=O)CC4)n2)c(OC)cc1N(C)CCN(C)C. The molecule has 0 saturated carbocycles. The highest BCUT2D eigenvalue weighted by Gasteiger charge is 2.26. The van der Waals surface area contributed by atoms with E-state index in [0.717, 1.165) is 29.9 Å². The second-order valence-corrected chi connectivity index (χ2v) is 10.0. The van der Waals surface area contributed by atoms with Crippen molar-refractivity contribution in [3.05, 3.63) is 60.3 Å². The molecule has 1 aromatic heterocycles. The molecule has 1 aliphatic rings. The minimum absolute atomic E-state index is 0.0594. The molecule has 0 bridgehead atoms. The average molecular weight is 570 g/mol. The highest BCUT2D eigenvalue weighted by Crippen LogP contribution is 2.39. The van der Waals surface area contributed by atoms with E-state index in [1.165, 1.54) is 19.2 Å². The van der Waals surface area contributed by atoms with Crippen molar-refractivity contribution in [2.75, 3.05) is 73.6 Å². The zero-order valence-electron chi connectivity index (χ0n) is 24.5. The summed E-state index contributed by atoms with van der Waals surface area (Å²) in [6.45, 7) is 7.20. The molecule has 3 N–H and O–H groups in total. The van der Waals surface area contributed by atoms with Crippen molar-refractivity contribution in [3.8, 4) is 11.8 Å². The van der Waals surface area contributed by atoms with Crippen molar-refractivity contribution in [2.45, 2.75) is 13.3 Å². The lowest BCUT2D eigenvalue weighted by molar-refractivity contribution is -0.116. The Morgan fingerprint density at radius 3 is 2.62 bits per heavy atom. The lowest BCUT2D eigenvalue weighted by Crippen LogP contribution is -2.29. The van der Waals surface area contributed by atoms with Crippen LogP contribution >= 0.6 is 0 Å². The topological polar surface area (TPSA) is 139 Å². The van der Waals surface area contributed by atoms with Crippen LogP contribution in [-0.4, -0.2) is 74.6 Å². The molecule has 3 aromatic rings. The molecule has 2 amide bonds. The molecule has 0 radical (unpaired) electrons. The number of rotatable bonds is 11. The minimum Gasteiger partial charge on any atom is -0.494 e. The molecule has 12 heteroatoms. The summed E-state index contributed by atoms with van der Waals surface area (Å²) in [7, 11) is 7.47. The van der Waals surface area contributed by atoms with Gasteiger partial charge in [-0.2, -0.15) is 10.2 Å². The van der Waals surface area contributed by atoms with E-state index in [1.54, 1.807) is 18.1 Å². The fourth-order valence-electron chi connectivity index (χ4n) is 4.64. The van der Waals surface area contributed by atoms with Gasteiger partial charge in [0.2, 0.25) is 17.8 Å². The fourth-order valence-corrected chi connectivity index (χ4v) is 4.64. The summed E-state index contributed by atoms with van der Waals surface area (Å²) >= 11 is 0. The predicted octanol–water partition coefficient (Wildman–Crippen LogP) is 3.88. The van der Waals surface area contributed by atoms with Gasteiger partial charge in [-0.1, -0.05) is 18.7 Å². The number of ether oxygens (including phenoxy) is 1. The molecule has 2 heterocycles. The number of fused-ring (bicyclic) bond motifs is 1. The van der Waals surface area contributed by atoms with Gasteiger partial charge in [-0.05, 0) is 44.3 Å². The monoisotopic (exact) mass is 569 g/mol. The van der Waals surface area contributed by atoms with E-state index < -0.39 is 0 Å². The van der Waals surface area contributed by atoms with Gasteiger partial charge in [0.1, 0.15) is 17.4 Å². The van der Waals surface area contributed by atoms with Crippen LogP contribution in [0, 0.1) is 11.3 Å². The summed E-state index contributed by atoms with van der Waals surface area (Å²) in [6, 6.07) is 11.4. The highest BCUT2D eigenvalue weighted by molar-refractivity contribution is 6.02. The summed E-state index contributed by atoms with van der Waals surface area (Å²) < 4.78 is 5.68. The first-order chi connectivity index (χ1) is 20.1. The van der Waals surface area contributed by atoms with Crippen LogP contribution in [0.4, 0.5) is 40.2 Å². The number of amides is 2. The zero-order chi connectivity index (χ0) is 30.4. The minimum atomic E-state index is -0.357. The Morgan fingerprint density at radius 2 is 1.95 bits per heavy atom. The molecule has 4 rings (SSSR count). The van der Waals surface area contributed by atoms with Gasteiger partial charge in [0.15, 0.2) is 5.82 Å². The lowest BCUT2D eigenvalue weighted by Gasteiger charge is -2.26. The fraction of sp³-hybridized carbons (Fsp3) is 0.300. The van der Waals surface area contributed by atoms with E-state index in [9.17, 15) is 14.9 Å². The molecular weight excluding hydrogens is 534 g/mol. The molecule has 42 heavy (non-hydrogen) atoms. The number of carbonyl (C=O) groups excluding carboxylic acids is 2. The molecule has 0 aliphatic carbocycles. The Kier molecular flexibility index (Phi) is 9.24. The first-order valence-corrected chi connectivity index (χ1v) is 13.4. The lowest BCUT2D eigenvalue weighted by atomic mass is 10.1. The first kappa shape index (κ1) is 29.8. The Morgan fingerprint density at radius 1 is 1.17 bits per heavy atom. The number of nitrogens with one attached hydrogen (secondary N) is 3. The Balaban J connectivity index is 1.70. The molecule has 0 saturated heterocycles. The van der Waals surface area contributed by atoms with Gasteiger partial charge >= 0.3 is 0 Å². The van der Waals surface area contributed by atoms with Crippen molar-refractivity contribution in [3.63, 3.8) is 0 Å². The molecule has 218 valence electrons. The van der Waals surface area contributed by atoms with Crippen LogP contribution in [0.1, 0.15) is 18.1 Å². The number of hydrogen-bond donors (Lipinski definition) is 3. The van der Waals surface area contributed by atoms with Crippen LogP contribution in [0.3, 0.4) is 0 Å². The predicted molar refractivity (Wildman–Crippen MR) is 165 cm³/mol. The number of aromatic nitrogens is 2. The smallest absolute Gasteiger partial charge is 0.247 e. The molecule has 0 unspecified atom stereocenters. The molecule has 0 fully saturated rings. The Hall–Kier alpha value is -5.15. The van der Waals surface area contributed by atoms with E-state index in [2.05, 4.69) is 43.5 Å². The van der Waals surface area contributed by atoms with Crippen LogP contribution in [0.25, 0.3) is 0 Å². The van der Waals surface area contributed by atoms with Crippen molar-refractivity contribution >= 4 is 52.0 Å². The normalized spacial score (nSPS) is 11.9. The number of anilines is 7. The number of benzene rings is 2. The van der Waals surface area contributed by atoms with Crippen LogP contribution in [-0.2, 0) is 16.0 Å². The number of likely N-dealkylation sites (N-methyl/N-ethyl adjacent to an activating group) is 2. The van der Waals surface area contributed by atoms with Gasteiger partial charge in [0.25, 0.3) is 0 Å². The number of nitriles is 1. The summed E-state index contributed by atoms with van der Waals surface area (Å²) in [4.78, 5) is 39.3. The second kappa shape index (κ2) is 13.0. The van der Waals surface area contributed by atoms with Crippen LogP contribution < -0.4 is 30.5 Å². The maximum absolute atomic E-state index is 12.3. The maximum Gasteiger partial charge on any atom is 0.247 e. The van der Waals surface area contributed by atoms with Gasteiger partial charge in [0, 0.05) is 39.7 Å². The molecule has 2 aromatic carbocycles. The maximum atomic E-state index is 12.3. The molecule has 12 nitrogen and oxygen atoms in total. The molecule has 0 spiro atoms. The second-order valence-electron chi connectivity index (χ2n) is 10.0. The largest absolute Gasteiger partial charge is 0.494 e. The summed E-state index contributed by atoms with van der Waals surface area (Å²) in [5, 5.41) is 19.0. The third kappa shape index (κ3) is 6.59. The Labute approximate surface area is 245 Å². The van der Waals surface area contributed by atoms with Gasteiger partial charge in [-0.25, -0.2) is 4.98 Å². The van der Waals surface area contributed by atoms with Crippen molar-refractivity contribution in [2.24, 2.45) is 0 Å². The number of hydrogen-bond acceptors (Lipinski definition) is 10. The van der Waals surface area contributed by atoms with E-state index in [-0.39, 0.29) is 29.1 Å². The van der Waals surface area contributed by atoms with E-state index in [0.29, 0.717) is 35.9 Å². The third-order valence-corrected chi connectivity index (χ3v) is 6.84. The first-order valence-electron chi connectivity index (χ1n) is 13.4. The van der Waals surface area contributed by atoms with Gasteiger partial charge in [-0.15, -0.1) is 0 Å². The van der Waals surface area contributed by atoms with Crippen LogP contribution in [0.15, 0.2) is 49.2 Å². The number of nitrogens with zero attached hydrogens (tertiary/aromatic N) is 6. The average Bonchev–Trinajstić information content (AvgIpc) is 3.42. The molecule has 1 aliphatic heterocycles. The highest BCUT2D eigenvalue weighted by atomic mass is 16.5. The summed E-state index contributed by atoms with van der Waals surface area (Å²) in [5.41, 5.74) is 4.51. The van der Waals surface area contributed by atoms with Crippen LogP contribution in [0.2, 0.25) is 0 Å². The Bertz CT molecular complexity index is 1550. The van der Waals surface area contributed by atoms with Crippen LogP contribution in [0.5, 0.6) is 5.75 Å². The van der Waals surface area contributed by atoms with E-state index in [4.69, 9.17) is 4.74 Å². The third-order valence-electron chi connectivity index (χ3n) is 6.84. The van der Waals surface area contributed by atoms with Crippen molar-refractivity contribution < 1.29 is 14.3 Å². The van der Waals surface area contributed by atoms with Crippen molar-refractivity contribution in [1.82, 2.24) is 14.9 Å². The quantitative estimate of drug-likeness (QED) is 0.292. The molecular formula is C30H35N9O3. The summed E-state index contributed by atoms with van der Waals surface area (Å²) in [6.07, 6.45) is 3.37. The van der Waals surface area contributed by atoms with Gasteiger partial charge in [0.05, 0.1) is 41.7 Å².